The molecule has 2 aromatic rings. The summed E-state index contributed by atoms with van der Waals surface area (Å²) in [6.07, 6.45) is 2.89. The van der Waals surface area contributed by atoms with Crippen molar-refractivity contribution in [2.75, 3.05) is 11.4 Å². The maximum Gasteiger partial charge on any atom is 0.258 e. The second-order valence-corrected chi connectivity index (χ2v) is 7.03. The van der Waals surface area contributed by atoms with E-state index in [9.17, 15) is 9.59 Å². The fourth-order valence-corrected chi connectivity index (χ4v) is 3.36. The molecular weight excluding hydrogens is 312 g/mol. The third-order valence-electron chi connectivity index (χ3n) is 4.97. The molecule has 25 heavy (non-hydrogen) atoms. The average molecular weight is 334 g/mol. The molecule has 2 amide bonds. The van der Waals surface area contributed by atoms with Gasteiger partial charge in [-0.1, -0.05) is 29.8 Å². The molecular formula is C21H22N2O2. The zero-order valence-electron chi connectivity index (χ0n) is 14.4. The van der Waals surface area contributed by atoms with Crippen molar-refractivity contribution in [1.82, 2.24) is 5.32 Å². The standard InChI is InChI=1S/C21H22N2O2/c1-14-3-2-4-18(11-14)21(25)23-10-9-16-6-5-15(12-19(16)23)13-22-20(24)17-7-8-17/h2-6,11-12,17H,7-10,13H2,1H3,(H,22,24). The van der Waals surface area contributed by atoms with Gasteiger partial charge in [-0.2, -0.15) is 0 Å². The van der Waals surface area contributed by atoms with Gasteiger partial charge in [-0.25, -0.2) is 0 Å². The van der Waals surface area contributed by atoms with Crippen LogP contribution in [0.1, 0.15) is 39.9 Å². The van der Waals surface area contributed by atoms with Gasteiger partial charge in [0.25, 0.3) is 5.91 Å². The van der Waals surface area contributed by atoms with Crippen LogP contribution in [0.5, 0.6) is 0 Å². The molecule has 2 aromatic carbocycles. The van der Waals surface area contributed by atoms with Gasteiger partial charge in [-0.05, 0) is 55.5 Å². The fourth-order valence-electron chi connectivity index (χ4n) is 3.36. The van der Waals surface area contributed by atoms with Crippen LogP contribution < -0.4 is 10.2 Å². The van der Waals surface area contributed by atoms with Gasteiger partial charge in [0.15, 0.2) is 0 Å². The van der Waals surface area contributed by atoms with Crippen molar-refractivity contribution in [3.63, 3.8) is 0 Å². The average Bonchev–Trinajstić information content (AvgIpc) is 3.39. The van der Waals surface area contributed by atoms with Crippen LogP contribution in [0, 0.1) is 12.8 Å². The molecule has 0 aromatic heterocycles. The lowest BCUT2D eigenvalue weighted by atomic mass is 10.1. The zero-order chi connectivity index (χ0) is 17.4. The lowest BCUT2D eigenvalue weighted by Crippen LogP contribution is -2.29. The highest BCUT2D eigenvalue weighted by molar-refractivity contribution is 6.07. The molecule has 1 fully saturated rings. The van der Waals surface area contributed by atoms with E-state index in [1.807, 2.05) is 48.2 Å². The predicted octanol–water partition coefficient (Wildman–Crippen LogP) is 3.22. The molecule has 4 rings (SSSR count). The van der Waals surface area contributed by atoms with E-state index in [1.165, 1.54) is 5.56 Å². The van der Waals surface area contributed by atoms with Gasteiger partial charge in [-0.15, -0.1) is 0 Å². The minimum atomic E-state index is 0.0432. The third kappa shape index (κ3) is 3.29. The molecule has 1 N–H and O–H groups in total. The van der Waals surface area contributed by atoms with Crippen LogP contribution >= 0.6 is 0 Å². The Morgan fingerprint density at radius 2 is 2.00 bits per heavy atom. The van der Waals surface area contributed by atoms with E-state index in [0.29, 0.717) is 13.1 Å². The van der Waals surface area contributed by atoms with Gasteiger partial charge >= 0.3 is 0 Å². The number of hydrogen-bond acceptors (Lipinski definition) is 2. The summed E-state index contributed by atoms with van der Waals surface area (Å²) in [5, 5.41) is 2.99. The molecule has 128 valence electrons. The fraction of sp³-hybridized carbons (Fsp3) is 0.333. The van der Waals surface area contributed by atoms with E-state index in [1.54, 1.807) is 0 Å². The highest BCUT2D eigenvalue weighted by atomic mass is 16.2. The molecule has 1 aliphatic heterocycles. The van der Waals surface area contributed by atoms with Gasteiger partial charge in [0.05, 0.1) is 0 Å². The first-order valence-corrected chi connectivity index (χ1v) is 8.90. The molecule has 0 atom stereocenters. The minimum Gasteiger partial charge on any atom is -0.352 e. The number of fused-ring (bicyclic) bond motifs is 1. The van der Waals surface area contributed by atoms with Crippen molar-refractivity contribution >= 4 is 17.5 Å². The van der Waals surface area contributed by atoms with Crippen LogP contribution in [-0.2, 0) is 17.8 Å². The van der Waals surface area contributed by atoms with E-state index in [4.69, 9.17) is 0 Å². The first kappa shape index (κ1) is 15.9. The Kier molecular flexibility index (Phi) is 4.04. The summed E-state index contributed by atoms with van der Waals surface area (Å²) in [5.74, 6) is 0.406. The van der Waals surface area contributed by atoms with Crippen molar-refractivity contribution in [1.29, 1.82) is 0 Å². The second-order valence-electron chi connectivity index (χ2n) is 7.03. The summed E-state index contributed by atoms with van der Waals surface area (Å²) < 4.78 is 0. The Labute approximate surface area is 147 Å². The molecule has 0 unspecified atom stereocenters. The summed E-state index contributed by atoms with van der Waals surface area (Å²) in [6.45, 7) is 3.23. The first-order chi connectivity index (χ1) is 12.1. The Balaban J connectivity index is 1.53. The highest BCUT2D eigenvalue weighted by Crippen LogP contribution is 2.31. The van der Waals surface area contributed by atoms with Gasteiger partial charge in [0, 0.05) is 30.3 Å². The summed E-state index contributed by atoms with van der Waals surface area (Å²) >= 11 is 0. The van der Waals surface area contributed by atoms with Gasteiger partial charge in [0.1, 0.15) is 0 Å². The monoisotopic (exact) mass is 334 g/mol. The van der Waals surface area contributed by atoms with Gasteiger partial charge in [0.2, 0.25) is 5.91 Å². The number of aryl methyl sites for hydroxylation is 1. The number of benzene rings is 2. The van der Waals surface area contributed by atoms with Crippen LogP contribution in [0.2, 0.25) is 0 Å². The molecule has 0 radical (unpaired) electrons. The molecule has 4 nitrogen and oxygen atoms in total. The Morgan fingerprint density at radius 1 is 1.16 bits per heavy atom. The number of carbonyl (C=O) groups excluding carboxylic acids is 2. The number of hydrogen-bond donors (Lipinski definition) is 1. The maximum absolute atomic E-state index is 12.9. The van der Waals surface area contributed by atoms with Crippen LogP contribution in [-0.4, -0.2) is 18.4 Å². The normalized spacial score (nSPS) is 15.8. The van der Waals surface area contributed by atoms with Crippen LogP contribution in [0.25, 0.3) is 0 Å². The Hall–Kier alpha value is -2.62. The van der Waals surface area contributed by atoms with E-state index in [0.717, 1.165) is 41.6 Å². The van der Waals surface area contributed by atoms with Crippen molar-refractivity contribution in [2.45, 2.75) is 32.7 Å². The van der Waals surface area contributed by atoms with Gasteiger partial charge < -0.3 is 10.2 Å². The first-order valence-electron chi connectivity index (χ1n) is 8.90. The number of rotatable bonds is 4. The topological polar surface area (TPSA) is 49.4 Å². The molecule has 1 heterocycles. The number of amides is 2. The summed E-state index contributed by atoms with van der Waals surface area (Å²) in [5.41, 5.74) is 5.02. The Bertz CT molecular complexity index is 840. The van der Waals surface area contributed by atoms with Crippen molar-refractivity contribution in [3.05, 3.63) is 64.7 Å². The smallest absolute Gasteiger partial charge is 0.258 e. The van der Waals surface area contributed by atoms with E-state index in [2.05, 4.69) is 11.4 Å². The molecule has 2 aliphatic rings. The quantitative estimate of drug-likeness (QED) is 0.933. The van der Waals surface area contributed by atoms with E-state index in [-0.39, 0.29) is 17.7 Å². The summed E-state index contributed by atoms with van der Waals surface area (Å²) in [7, 11) is 0. The van der Waals surface area contributed by atoms with Crippen molar-refractivity contribution in [3.8, 4) is 0 Å². The SMILES string of the molecule is Cc1cccc(C(=O)N2CCc3ccc(CNC(=O)C4CC4)cc32)c1. The number of carbonyl (C=O) groups is 2. The number of anilines is 1. The van der Waals surface area contributed by atoms with E-state index < -0.39 is 0 Å². The molecule has 0 spiro atoms. The summed E-state index contributed by atoms with van der Waals surface area (Å²) in [6, 6.07) is 13.9. The highest BCUT2D eigenvalue weighted by Gasteiger charge is 2.29. The molecule has 1 saturated carbocycles. The van der Waals surface area contributed by atoms with Crippen molar-refractivity contribution in [2.24, 2.45) is 5.92 Å². The van der Waals surface area contributed by atoms with Crippen LogP contribution in [0.4, 0.5) is 5.69 Å². The van der Waals surface area contributed by atoms with Crippen LogP contribution in [0.15, 0.2) is 42.5 Å². The predicted molar refractivity (Wildman–Crippen MR) is 97.6 cm³/mol. The number of nitrogens with zero attached hydrogens (tertiary/aromatic N) is 1. The molecule has 0 bridgehead atoms. The second kappa shape index (κ2) is 6.36. The molecule has 4 heteroatoms. The van der Waals surface area contributed by atoms with E-state index >= 15 is 0 Å². The largest absolute Gasteiger partial charge is 0.352 e. The van der Waals surface area contributed by atoms with Crippen molar-refractivity contribution < 1.29 is 9.59 Å². The summed E-state index contributed by atoms with van der Waals surface area (Å²) in [4.78, 5) is 26.6. The maximum atomic E-state index is 12.9. The molecule has 1 aliphatic carbocycles. The molecule has 0 saturated heterocycles. The van der Waals surface area contributed by atoms with Crippen LogP contribution in [0.3, 0.4) is 0 Å². The lowest BCUT2D eigenvalue weighted by Gasteiger charge is -2.18. The third-order valence-corrected chi connectivity index (χ3v) is 4.97. The lowest BCUT2D eigenvalue weighted by molar-refractivity contribution is -0.122. The van der Waals surface area contributed by atoms with Gasteiger partial charge in [-0.3, -0.25) is 9.59 Å². The minimum absolute atomic E-state index is 0.0432. The number of nitrogens with one attached hydrogen (secondary N) is 1. The zero-order valence-corrected chi connectivity index (χ0v) is 14.4. The Morgan fingerprint density at radius 3 is 2.76 bits per heavy atom.